The number of nitrogens with zero attached hydrogens (tertiary/aromatic N) is 2. The van der Waals surface area contributed by atoms with Gasteiger partial charge in [-0.15, -0.1) is 0 Å². The lowest BCUT2D eigenvalue weighted by atomic mass is 10.0. The van der Waals surface area contributed by atoms with Crippen LogP contribution in [-0.4, -0.2) is 47.8 Å². The van der Waals surface area contributed by atoms with Crippen molar-refractivity contribution < 1.29 is 14.0 Å². The van der Waals surface area contributed by atoms with E-state index in [1.807, 2.05) is 30.3 Å². The van der Waals surface area contributed by atoms with Gasteiger partial charge in [0.25, 0.3) is 5.91 Å². The highest BCUT2D eigenvalue weighted by Crippen LogP contribution is 2.16. The summed E-state index contributed by atoms with van der Waals surface area (Å²) >= 11 is 0. The second-order valence-corrected chi connectivity index (χ2v) is 6.40. The summed E-state index contributed by atoms with van der Waals surface area (Å²) in [5, 5.41) is 0. The van der Waals surface area contributed by atoms with Gasteiger partial charge in [-0.25, -0.2) is 4.39 Å². The lowest BCUT2D eigenvalue weighted by molar-refractivity contribution is -0.133. The lowest BCUT2D eigenvalue weighted by Gasteiger charge is -2.35. The summed E-state index contributed by atoms with van der Waals surface area (Å²) in [6.45, 7) is 1.78. The van der Waals surface area contributed by atoms with Crippen LogP contribution in [0.1, 0.15) is 28.4 Å². The van der Waals surface area contributed by atoms with Crippen LogP contribution in [0, 0.1) is 5.82 Å². The largest absolute Gasteiger partial charge is 0.339 e. The number of nitrogens with two attached hydrogens (primary N) is 1. The quantitative estimate of drug-likeness (QED) is 0.914. The summed E-state index contributed by atoms with van der Waals surface area (Å²) in [4.78, 5) is 28.3. The van der Waals surface area contributed by atoms with Crippen molar-refractivity contribution in [2.45, 2.75) is 12.5 Å². The van der Waals surface area contributed by atoms with Crippen molar-refractivity contribution in [1.29, 1.82) is 0 Å². The zero-order valence-corrected chi connectivity index (χ0v) is 14.5. The van der Waals surface area contributed by atoms with Crippen molar-refractivity contribution in [2.24, 2.45) is 5.73 Å². The SMILES string of the molecule is NC(CC(=O)N1CCN(C(=O)c2cccc(F)c2)CC1)c1ccccc1. The first-order chi connectivity index (χ1) is 12.5. The maximum absolute atomic E-state index is 13.3. The van der Waals surface area contributed by atoms with Crippen LogP contribution in [0.2, 0.25) is 0 Å². The van der Waals surface area contributed by atoms with E-state index in [-0.39, 0.29) is 24.3 Å². The van der Waals surface area contributed by atoms with Gasteiger partial charge in [0.1, 0.15) is 5.82 Å². The van der Waals surface area contributed by atoms with Gasteiger partial charge in [0, 0.05) is 44.2 Å². The van der Waals surface area contributed by atoms with Gasteiger partial charge in [-0.05, 0) is 23.8 Å². The highest BCUT2D eigenvalue weighted by atomic mass is 19.1. The van der Waals surface area contributed by atoms with E-state index < -0.39 is 5.82 Å². The zero-order chi connectivity index (χ0) is 18.5. The Morgan fingerprint density at radius 2 is 1.62 bits per heavy atom. The molecule has 0 aliphatic carbocycles. The molecule has 136 valence electrons. The van der Waals surface area contributed by atoms with E-state index in [4.69, 9.17) is 5.73 Å². The van der Waals surface area contributed by atoms with E-state index in [1.165, 1.54) is 18.2 Å². The Morgan fingerprint density at radius 3 is 2.27 bits per heavy atom. The molecule has 2 aromatic carbocycles. The van der Waals surface area contributed by atoms with E-state index in [2.05, 4.69) is 0 Å². The fourth-order valence-electron chi connectivity index (χ4n) is 3.10. The Kier molecular flexibility index (Phi) is 5.63. The Morgan fingerprint density at radius 1 is 0.962 bits per heavy atom. The van der Waals surface area contributed by atoms with Gasteiger partial charge in [0.15, 0.2) is 0 Å². The van der Waals surface area contributed by atoms with Gasteiger partial charge in [0.05, 0.1) is 0 Å². The van der Waals surface area contributed by atoms with Gasteiger partial charge < -0.3 is 15.5 Å². The first-order valence-corrected chi connectivity index (χ1v) is 8.68. The van der Waals surface area contributed by atoms with Crippen LogP contribution in [0.3, 0.4) is 0 Å². The number of halogens is 1. The van der Waals surface area contributed by atoms with Crippen LogP contribution in [-0.2, 0) is 4.79 Å². The number of piperazine rings is 1. The van der Waals surface area contributed by atoms with E-state index in [0.29, 0.717) is 31.7 Å². The van der Waals surface area contributed by atoms with Crippen LogP contribution in [0.4, 0.5) is 4.39 Å². The minimum Gasteiger partial charge on any atom is -0.339 e. The van der Waals surface area contributed by atoms with Crippen LogP contribution in [0.15, 0.2) is 54.6 Å². The van der Waals surface area contributed by atoms with Crippen LogP contribution in [0.5, 0.6) is 0 Å². The van der Waals surface area contributed by atoms with E-state index >= 15 is 0 Å². The molecule has 1 aliphatic rings. The smallest absolute Gasteiger partial charge is 0.254 e. The molecule has 0 aromatic heterocycles. The number of benzene rings is 2. The molecule has 2 amide bonds. The molecule has 1 saturated heterocycles. The Hall–Kier alpha value is -2.73. The highest BCUT2D eigenvalue weighted by molar-refractivity contribution is 5.94. The Balaban J connectivity index is 1.53. The molecule has 1 heterocycles. The monoisotopic (exact) mass is 355 g/mol. The first-order valence-electron chi connectivity index (χ1n) is 8.68. The van der Waals surface area contributed by atoms with Crippen molar-refractivity contribution in [3.05, 3.63) is 71.5 Å². The second-order valence-electron chi connectivity index (χ2n) is 6.40. The predicted molar refractivity (Wildman–Crippen MR) is 96.9 cm³/mol. The molecule has 0 saturated carbocycles. The van der Waals surface area contributed by atoms with Crippen molar-refractivity contribution in [3.8, 4) is 0 Å². The molecule has 1 unspecified atom stereocenters. The minimum absolute atomic E-state index is 0.0146. The van der Waals surface area contributed by atoms with Crippen molar-refractivity contribution in [2.75, 3.05) is 26.2 Å². The number of amides is 2. The van der Waals surface area contributed by atoms with E-state index in [1.54, 1.807) is 15.9 Å². The molecule has 26 heavy (non-hydrogen) atoms. The fourth-order valence-corrected chi connectivity index (χ4v) is 3.10. The van der Waals surface area contributed by atoms with Crippen LogP contribution >= 0.6 is 0 Å². The van der Waals surface area contributed by atoms with Gasteiger partial charge >= 0.3 is 0 Å². The Bertz CT molecular complexity index is 774. The lowest BCUT2D eigenvalue weighted by Crippen LogP contribution is -2.51. The summed E-state index contributed by atoms with van der Waals surface area (Å²) in [5.41, 5.74) is 7.38. The highest BCUT2D eigenvalue weighted by Gasteiger charge is 2.26. The molecule has 0 bridgehead atoms. The number of carbonyl (C=O) groups excluding carboxylic acids is 2. The summed E-state index contributed by atoms with van der Waals surface area (Å²) in [7, 11) is 0. The third-order valence-corrected chi connectivity index (χ3v) is 4.61. The summed E-state index contributed by atoms with van der Waals surface area (Å²) in [6, 6.07) is 14.9. The van der Waals surface area contributed by atoms with E-state index in [0.717, 1.165) is 5.56 Å². The fraction of sp³-hybridized carbons (Fsp3) is 0.300. The topological polar surface area (TPSA) is 66.6 Å². The molecular weight excluding hydrogens is 333 g/mol. The maximum Gasteiger partial charge on any atom is 0.254 e. The normalized spacial score (nSPS) is 15.6. The molecule has 2 aromatic rings. The average Bonchev–Trinajstić information content (AvgIpc) is 2.68. The second kappa shape index (κ2) is 8.10. The third kappa shape index (κ3) is 4.26. The molecule has 1 atom stereocenters. The Labute approximate surface area is 152 Å². The van der Waals surface area contributed by atoms with E-state index in [9.17, 15) is 14.0 Å². The first kappa shape index (κ1) is 18.1. The summed E-state index contributed by atoms with van der Waals surface area (Å²) in [5.74, 6) is -0.656. The third-order valence-electron chi connectivity index (χ3n) is 4.61. The molecule has 3 rings (SSSR count). The predicted octanol–water partition coefficient (Wildman–Crippen LogP) is 2.20. The minimum atomic E-state index is -0.431. The van der Waals surface area contributed by atoms with Gasteiger partial charge in [-0.2, -0.15) is 0 Å². The number of rotatable bonds is 4. The molecule has 2 N–H and O–H groups in total. The molecule has 5 nitrogen and oxygen atoms in total. The van der Waals surface area contributed by atoms with Crippen molar-refractivity contribution in [3.63, 3.8) is 0 Å². The van der Waals surface area contributed by atoms with Gasteiger partial charge in [0.2, 0.25) is 5.91 Å². The van der Waals surface area contributed by atoms with Gasteiger partial charge in [-0.1, -0.05) is 36.4 Å². The average molecular weight is 355 g/mol. The van der Waals surface area contributed by atoms with Crippen LogP contribution in [0.25, 0.3) is 0 Å². The summed E-state index contributed by atoms with van der Waals surface area (Å²) in [6.07, 6.45) is 0.238. The molecule has 0 spiro atoms. The molecule has 1 aliphatic heterocycles. The summed E-state index contributed by atoms with van der Waals surface area (Å²) < 4.78 is 13.3. The van der Waals surface area contributed by atoms with Crippen molar-refractivity contribution >= 4 is 11.8 Å². The van der Waals surface area contributed by atoms with Crippen LogP contribution < -0.4 is 5.73 Å². The zero-order valence-electron chi connectivity index (χ0n) is 14.5. The molecule has 6 heteroatoms. The number of carbonyl (C=O) groups is 2. The molecule has 0 radical (unpaired) electrons. The molecular formula is C20H22FN3O2. The van der Waals surface area contributed by atoms with Gasteiger partial charge in [-0.3, -0.25) is 9.59 Å². The standard InChI is InChI=1S/C20H22FN3O2/c21-17-8-4-7-16(13-17)20(26)24-11-9-23(10-12-24)19(25)14-18(22)15-5-2-1-3-6-15/h1-8,13,18H,9-12,14,22H2. The maximum atomic E-state index is 13.3. The van der Waals surface area contributed by atoms with Crippen molar-refractivity contribution in [1.82, 2.24) is 9.80 Å². The number of hydrogen-bond acceptors (Lipinski definition) is 3. The number of hydrogen-bond donors (Lipinski definition) is 1. The molecule has 1 fully saturated rings.